The SMILES string of the molecule is COC(Cc1ccccc1)C(=O)N1c2ccc(F)c(F)c2OCC1C. The molecule has 25 heavy (non-hydrogen) atoms. The average molecular weight is 347 g/mol. The summed E-state index contributed by atoms with van der Waals surface area (Å²) in [6.45, 7) is 1.87. The number of amides is 1. The highest BCUT2D eigenvalue weighted by Gasteiger charge is 2.36. The number of ether oxygens (including phenoxy) is 2. The highest BCUT2D eigenvalue weighted by Crippen LogP contribution is 2.37. The molecule has 6 heteroatoms. The highest BCUT2D eigenvalue weighted by molar-refractivity contribution is 5.99. The summed E-state index contributed by atoms with van der Waals surface area (Å²) in [6, 6.07) is 11.5. The van der Waals surface area contributed by atoms with E-state index in [0.29, 0.717) is 6.42 Å². The van der Waals surface area contributed by atoms with Crippen LogP contribution in [0.4, 0.5) is 14.5 Å². The van der Waals surface area contributed by atoms with Gasteiger partial charge in [0.05, 0.1) is 11.7 Å². The fourth-order valence-corrected chi connectivity index (χ4v) is 2.96. The van der Waals surface area contributed by atoms with E-state index in [2.05, 4.69) is 0 Å². The lowest BCUT2D eigenvalue weighted by molar-refractivity contribution is -0.129. The number of hydrogen-bond acceptors (Lipinski definition) is 3. The summed E-state index contributed by atoms with van der Waals surface area (Å²) in [6.07, 6.45) is -0.344. The molecule has 1 amide bonds. The van der Waals surface area contributed by atoms with Crippen LogP contribution < -0.4 is 9.64 Å². The topological polar surface area (TPSA) is 38.8 Å². The molecular weight excluding hydrogens is 328 g/mol. The predicted octanol–water partition coefficient (Wildman–Crippen LogP) is 3.34. The Morgan fingerprint density at radius 2 is 2.00 bits per heavy atom. The molecule has 1 aliphatic heterocycles. The molecule has 1 aliphatic rings. The van der Waals surface area contributed by atoms with Gasteiger partial charge in [0, 0.05) is 13.5 Å². The molecule has 0 N–H and O–H groups in total. The van der Waals surface area contributed by atoms with Gasteiger partial charge in [0.1, 0.15) is 12.7 Å². The van der Waals surface area contributed by atoms with Gasteiger partial charge in [-0.1, -0.05) is 30.3 Å². The van der Waals surface area contributed by atoms with Gasteiger partial charge in [-0.15, -0.1) is 0 Å². The van der Waals surface area contributed by atoms with Crippen LogP contribution in [0.2, 0.25) is 0 Å². The minimum absolute atomic E-state index is 0.0842. The van der Waals surface area contributed by atoms with Crippen LogP contribution in [0.15, 0.2) is 42.5 Å². The Balaban J connectivity index is 1.92. The molecule has 2 atom stereocenters. The second-order valence-electron chi connectivity index (χ2n) is 5.99. The number of anilines is 1. The lowest BCUT2D eigenvalue weighted by atomic mass is 10.0. The molecule has 0 aromatic heterocycles. The van der Waals surface area contributed by atoms with Crippen molar-refractivity contribution in [3.8, 4) is 5.75 Å². The third-order valence-electron chi connectivity index (χ3n) is 4.26. The van der Waals surface area contributed by atoms with E-state index < -0.39 is 17.7 Å². The van der Waals surface area contributed by atoms with Gasteiger partial charge in [-0.05, 0) is 24.6 Å². The quantitative estimate of drug-likeness (QED) is 0.852. The van der Waals surface area contributed by atoms with Gasteiger partial charge >= 0.3 is 0 Å². The summed E-state index contributed by atoms with van der Waals surface area (Å²) < 4.78 is 38.2. The van der Waals surface area contributed by atoms with E-state index >= 15 is 0 Å². The Morgan fingerprint density at radius 3 is 2.68 bits per heavy atom. The molecule has 1 heterocycles. The highest BCUT2D eigenvalue weighted by atomic mass is 19.2. The first-order chi connectivity index (χ1) is 12.0. The molecule has 0 radical (unpaired) electrons. The molecule has 0 aliphatic carbocycles. The van der Waals surface area contributed by atoms with Crippen molar-refractivity contribution in [2.75, 3.05) is 18.6 Å². The number of halogens is 2. The molecule has 0 bridgehead atoms. The number of fused-ring (bicyclic) bond motifs is 1. The number of rotatable bonds is 4. The van der Waals surface area contributed by atoms with Gasteiger partial charge in [-0.3, -0.25) is 4.79 Å². The zero-order chi connectivity index (χ0) is 18.0. The van der Waals surface area contributed by atoms with Crippen LogP contribution in [0.1, 0.15) is 12.5 Å². The predicted molar refractivity (Wildman–Crippen MR) is 89.7 cm³/mol. The van der Waals surface area contributed by atoms with E-state index in [1.165, 1.54) is 18.1 Å². The van der Waals surface area contributed by atoms with Crippen molar-refractivity contribution < 1.29 is 23.0 Å². The van der Waals surface area contributed by atoms with Crippen molar-refractivity contribution in [3.63, 3.8) is 0 Å². The third kappa shape index (κ3) is 3.35. The molecule has 132 valence electrons. The van der Waals surface area contributed by atoms with Gasteiger partial charge in [-0.2, -0.15) is 4.39 Å². The number of carbonyl (C=O) groups excluding carboxylic acids is 1. The number of benzene rings is 2. The van der Waals surface area contributed by atoms with E-state index in [-0.39, 0.29) is 30.0 Å². The van der Waals surface area contributed by atoms with Gasteiger partial charge < -0.3 is 14.4 Å². The van der Waals surface area contributed by atoms with E-state index in [1.54, 1.807) is 6.92 Å². The van der Waals surface area contributed by atoms with Crippen molar-refractivity contribution in [2.24, 2.45) is 0 Å². The van der Waals surface area contributed by atoms with Crippen molar-refractivity contribution in [1.82, 2.24) is 0 Å². The first-order valence-corrected chi connectivity index (χ1v) is 8.03. The zero-order valence-corrected chi connectivity index (χ0v) is 14.0. The molecule has 2 aromatic rings. The first kappa shape index (κ1) is 17.4. The van der Waals surface area contributed by atoms with Gasteiger partial charge in [-0.25, -0.2) is 4.39 Å². The standard InChI is InChI=1S/C19H19F2NO3/c1-12-11-25-18-15(9-8-14(20)17(18)21)22(12)19(23)16(24-2)10-13-6-4-3-5-7-13/h3-9,12,16H,10-11H2,1-2H3. The van der Waals surface area contributed by atoms with Crippen molar-refractivity contribution >= 4 is 11.6 Å². The minimum Gasteiger partial charge on any atom is -0.486 e. The normalized spacial score (nSPS) is 17.6. The monoisotopic (exact) mass is 347 g/mol. The maximum atomic E-state index is 14.0. The fourth-order valence-electron chi connectivity index (χ4n) is 2.96. The average Bonchev–Trinajstić information content (AvgIpc) is 2.63. The number of nitrogens with zero attached hydrogens (tertiary/aromatic N) is 1. The van der Waals surface area contributed by atoms with Crippen LogP contribution in [-0.4, -0.2) is 31.8 Å². The van der Waals surface area contributed by atoms with Crippen molar-refractivity contribution in [2.45, 2.75) is 25.5 Å². The van der Waals surface area contributed by atoms with Gasteiger partial charge in [0.25, 0.3) is 5.91 Å². The number of hydrogen-bond donors (Lipinski definition) is 0. The summed E-state index contributed by atoms with van der Waals surface area (Å²) in [5.74, 6) is -2.64. The summed E-state index contributed by atoms with van der Waals surface area (Å²) in [4.78, 5) is 14.5. The van der Waals surface area contributed by atoms with Crippen LogP contribution in [0, 0.1) is 11.6 Å². The van der Waals surface area contributed by atoms with Crippen LogP contribution in [0.5, 0.6) is 5.75 Å². The van der Waals surface area contributed by atoms with E-state index in [9.17, 15) is 13.6 Å². The third-order valence-corrected chi connectivity index (χ3v) is 4.26. The van der Waals surface area contributed by atoms with Crippen molar-refractivity contribution in [3.05, 3.63) is 59.7 Å². The maximum Gasteiger partial charge on any atom is 0.256 e. The van der Waals surface area contributed by atoms with Crippen LogP contribution in [0.25, 0.3) is 0 Å². The van der Waals surface area contributed by atoms with E-state index in [0.717, 1.165) is 11.6 Å². The van der Waals surface area contributed by atoms with Crippen LogP contribution >= 0.6 is 0 Å². The molecule has 0 spiro atoms. The Bertz CT molecular complexity index is 767. The summed E-state index contributed by atoms with van der Waals surface area (Å²) in [7, 11) is 1.46. The minimum atomic E-state index is -1.08. The molecule has 3 rings (SSSR count). The summed E-state index contributed by atoms with van der Waals surface area (Å²) in [5.41, 5.74) is 1.17. The molecule has 0 saturated carbocycles. The Morgan fingerprint density at radius 1 is 1.28 bits per heavy atom. The van der Waals surface area contributed by atoms with E-state index in [4.69, 9.17) is 9.47 Å². The summed E-state index contributed by atoms with van der Waals surface area (Å²) >= 11 is 0. The molecule has 0 fully saturated rings. The maximum absolute atomic E-state index is 14.0. The Kier molecular flexibility index (Phi) is 4.99. The second kappa shape index (κ2) is 7.19. The Labute approximate surface area is 145 Å². The molecule has 2 aromatic carbocycles. The smallest absolute Gasteiger partial charge is 0.256 e. The van der Waals surface area contributed by atoms with Crippen molar-refractivity contribution in [1.29, 1.82) is 0 Å². The lowest BCUT2D eigenvalue weighted by Crippen LogP contribution is -2.50. The molecular formula is C19H19F2NO3. The van der Waals surface area contributed by atoms with Gasteiger partial charge in [0.15, 0.2) is 11.6 Å². The van der Waals surface area contributed by atoms with Gasteiger partial charge in [0.2, 0.25) is 5.82 Å². The molecule has 4 nitrogen and oxygen atoms in total. The summed E-state index contributed by atoms with van der Waals surface area (Å²) in [5, 5.41) is 0. The zero-order valence-electron chi connectivity index (χ0n) is 14.0. The number of carbonyl (C=O) groups is 1. The van der Waals surface area contributed by atoms with E-state index in [1.807, 2.05) is 30.3 Å². The number of methoxy groups -OCH3 is 1. The second-order valence-corrected chi connectivity index (χ2v) is 5.99. The lowest BCUT2D eigenvalue weighted by Gasteiger charge is -2.37. The largest absolute Gasteiger partial charge is 0.486 e. The molecule has 0 saturated heterocycles. The molecule has 2 unspecified atom stereocenters. The first-order valence-electron chi connectivity index (χ1n) is 8.03. The fraction of sp³-hybridized carbons (Fsp3) is 0.316. The van der Waals surface area contributed by atoms with Crippen LogP contribution in [-0.2, 0) is 16.0 Å². The Hall–Kier alpha value is -2.47. The van der Waals surface area contributed by atoms with Crippen LogP contribution in [0.3, 0.4) is 0 Å².